The van der Waals surface area contributed by atoms with Gasteiger partial charge in [-0.15, -0.1) is 10.2 Å². The van der Waals surface area contributed by atoms with Crippen molar-refractivity contribution >= 4 is 17.3 Å². The number of halogens is 2. The van der Waals surface area contributed by atoms with Gasteiger partial charge in [0.2, 0.25) is 5.79 Å². The number of benzene rings is 2. The molecule has 0 saturated heterocycles. The van der Waals surface area contributed by atoms with Gasteiger partial charge in [-0.25, -0.2) is 4.39 Å². The summed E-state index contributed by atoms with van der Waals surface area (Å²) in [4.78, 5) is 0. The van der Waals surface area contributed by atoms with Crippen LogP contribution in [0.15, 0.2) is 42.5 Å². The predicted molar refractivity (Wildman–Crippen MR) is 103 cm³/mol. The molecule has 28 heavy (non-hydrogen) atoms. The van der Waals surface area contributed by atoms with E-state index < -0.39 is 11.6 Å². The molecule has 0 unspecified atom stereocenters. The zero-order chi connectivity index (χ0) is 19.9. The van der Waals surface area contributed by atoms with Gasteiger partial charge in [-0.1, -0.05) is 17.7 Å². The van der Waals surface area contributed by atoms with E-state index in [4.69, 9.17) is 31.5 Å². The highest BCUT2D eigenvalue weighted by atomic mass is 35.5. The number of nitrogens with zero attached hydrogens (tertiary/aromatic N) is 2. The van der Waals surface area contributed by atoms with Crippen LogP contribution in [0.2, 0.25) is 5.02 Å². The Hall–Kier alpha value is -3.06. The van der Waals surface area contributed by atoms with Crippen LogP contribution in [0.3, 0.4) is 0 Å². The van der Waals surface area contributed by atoms with Crippen molar-refractivity contribution in [1.82, 2.24) is 10.2 Å². The second-order valence-corrected chi connectivity index (χ2v) is 7.22. The molecule has 0 spiro atoms. The molecule has 6 nitrogen and oxygen atoms in total. The maximum absolute atomic E-state index is 14.0. The molecule has 0 bridgehead atoms. The van der Waals surface area contributed by atoms with Crippen LogP contribution in [0, 0.1) is 5.82 Å². The van der Waals surface area contributed by atoms with Crippen molar-refractivity contribution in [3.63, 3.8) is 0 Å². The standard InChI is InChI=1S/C20H17ClFN3O3/c1-20(2)27-17-6-3-11(7-18(17)28-20)10-26-19-15(23)9-16(24-25-19)13-8-12(21)4-5-14(13)22/h3-9H,10H2,1-2H3,(H2,23,24). The minimum atomic E-state index is -0.691. The first-order valence-corrected chi connectivity index (χ1v) is 8.91. The first-order valence-electron chi connectivity index (χ1n) is 8.53. The van der Waals surface area contributed by atoms with Crippen LogP contribution in [0.1, 0.15) is 19.4 Å². The Morgan fingerprint density at radius 1 is 1.07 bits per heavy atom. The first kappa shape index (κ1) is 18.3. The van der Waals surface area contributed by atoms with Crippen molar-refractivity contribution in [1.29, 1.82) is 0 Å². The molecule has 0 radical (unpaired) electrons. The molecule has 0 fully saturated rings. The van der Waals surface area contributed by atoms with Gasteiger partial charge >= 0.3 is 0 Å². The van der Waals surface area contributed by atoms with Crippen molar-refractivity contribution in [2.45, 2.75) is 26.2 Å². The Labute approximate surface area is 166 Å². The maximum atomic E-state index is 14.0. The molecule has 3 aromatic rings. The van der Waals surface area contributed by atoms with Gasteiger partial charge in [0.05, 0.1) is 11.4 Å². The second kappa shape index (κ2) is 6.83. The van der Waals surface area contributed by atoms with Gasteiger partial charge in [-0.05, 0) is 42.0 Å². The third kappa shape index (κ3) is 3.66. The third-order valence-electron chi connectivity index (χ3n) is 4.09. The summed E-state index contributed by atoms with van der Waals surface area (Å²) < 4.78 is 31.0. The van der Waals surface area contributed by atoms with Gasteiger partial charge in [0, 0.05) is 24.4 Å². The van der Waals surface area contributed by atoms with Crippen LogP contribution in [-0.2, 0) is 6.61 Å². The highest BCUT2D eigenvalue weighted by molar-refractivity contribution is 6.30. The smallest absolute Gasteiger partial charge is 0.257 e. The van der Waals surface area contributed by atoms with Gasteiger partial charge < -0.3 is 19.9 Å². The lowest BCUT2D eigenvalue weighted by atomic mass is 10.1. The topological polar surface area (TPSA) is 79.5 Å². The summed E-state index contributed by atoms with van der Waals surface area (Å²) in [7, 11) is 0. The van der Waals surface area contributed by atoms with E-state index in [9.17, 15) is 4.39 Å². The van der Waals surface area contributed by atoms with E-state index in [1.165, 1.54) is 24.3 Å². The molecule has 144 valence electrons. The molecule has 0 atom stereocenters. The van der Waals surface area contributed by atoms with Crippen molar-refractivity contribution < 1.29 is 18.6 Å². The van der Waals surface area contributed by atoms with E-state index in [-0.39, 0.29) is 29.4 Å². The quantitative estimate of drug-likeness (QED) is 0.688. The number of ether oxygens (including phenoxy) is 3. The Morgan fingerprint density at radius 2 is 1.86 bits per heavy atom. The molecule has 1 aromatic heterocycles. The molecule has 0 aliphatic carbocycles. The number of anilines is 1. The normalized spacial score (nSPS) is 14.1. The molecule has 2 N–H and O–H groups in total. The minimum Gasteiger partial charge on any atom is -0.470 e. The van der Waals surface area contributed by atoms with Crippen molar-refractivity contribution in [3.05, 3.63) is 58.9 Å². The number of aromatic nitrogens is 2. The van der Waals surface area contributed by atoms with Crippen LogP contribution in [0.25, 0.3) is 11.3 Å². The van der Waals surface area contributed by atoms with E-state index >= 15 is 0 Å². The highest BCUT2D eigenvalue weighted by Gasteiger charge is 2.31. The average molecular weight is 402 g/mol. The zero-order valence-electron chi connectivity index (χ0n) is 15.2. The molecule has 1 aliphatic rings. The summed E-state index contributed by atoms with van der Waals surface area (Å²) in [5, 5.41) is 8.37. The molecule has 0 amide bonds. The number of nitrogens with two attached hydrogens (primary N) is 1. The van der Waals surface area contributed by atoms with E-state index in [1.807, 2.05) is 32.0 Å². The van der Waals surface area contributed by atoms with Gasteiger partial charge in [-0.3, -0.25) is 0 Å². The third-order valence-corrected chi connectivity index (χ3v) is 4.32. The lowest BCUT2D eigenvalue weighted by molar-refractivity contribution is -0.0431. The van der Waals surface area contributed by atoms with Crippen LogP contribution in [0.4, 0.5) is 10.1 Å². The van der Waals surface area contributed by atoms with E-state index in [0.29, 0.717) is 16.5 Å². The number of nitrogen functional groups attached to an aromatic ring is 1. The molecular weight excluding hydrogens is 385 g/mol. The average Bonchev–Trinajstić information content (AvgIpc) is 2.95. The summed E-state index contributed by atoms with van der Waals surface area (Å²) in [6.45, 7) is 3.88. The van der Waals surface area contributed by atoms with E-state index in [0.717, 1.165) is 5.56 Å². The molecule has 0 saturated carbocycles. The summed E-state index contributed by atoms with van der Waals surface area (Å²) in [5.74, 6) is 0.334. The molecule has 2 aromatic carbocycles. The Kier molecular flexibility index (Phi) is 4.47. The Bertz CT molecular complexity index is 1060. The zero-order valence-corrected chi connectivity index (χ0v) is 16.0. The Balaban J connectivity index is 1.50. The Morgan fingerprint density at radius 3 is 2.64 bits per heavy atom. The molecule has 1 aliphatic heterocycles. The molecule has 2 heterocycles. The molecular formula is C20H17ClFN3O3. The van der Waals surface area contributed by atoms with Gasteiger partial charge in [0.1, 0.15) is 12.4 Å². The van der Waals surface area contributed by atoms with Gasteiger partial charge in [0.15, 0.2) is 11.5 Å². The summed E-state index contributed by atoms with van der Waals surface area (Å²) >= 11 is 5.92. The van der Waals surface area contributed by atoms with Crippen LogP contribution < -0.4 is 19.9 Å². The van der Waals surface area contributed by atoms with E-state index in [1.54, 1.807) is 0 Å². The molecule has 4 rings (SSSR count). The summed E-state index contributed by atoms with van der Waals surface area (Å²) in [6, 6.07) is 11.2. The fourth-order valence-electron chi connectivity index (χ4n) is 2.84. The van der Waals surface area contributed by atoms with Crippen molar-refractivity contribution in [3.8, 4) is 28.6 Å². The lowest BCUT2D eigenvalue weighted by Gasteiger charge is -2.16. The van der Waals surface area contributed by atoms with Gasteiger partial charge in [0.25, 0.3) is 5.88 Å². The fraction of sp³-hybridized carbons (Fsp3) is 0.200. The summed E-state index contributed by atoms with van der Waals surface area (Å²) in [6.07, 6.45) is 0. The maximum Gasteiger partial charge on any atom is 0.257 e. The first-order chi connectivity index (χ1) is 13.3. The number of rotatable bonds is 4. The van der Waals surface area contributed by atoms with E-state index in [2.05, 4.69) is 10.2 Å². The van der Waals surface area contributed by atoms with Gasteiger partial charge in [-0.2, -0.15) is 0 Å². The fourth-order valence-corrected chi connectivity index (χ4v) is 3.01. The SMILES string of the molecule is CC1(C)Oc2ccc(COc3nnc(-c4cc(Cl)ccc4F)cc3N)cc2O1. The van der Waals surface area contributed by atoms with Crippen LogP contribution >= 0.6 is 11.6 Å². The largest absolute Gasteiger partial charge is 0.470 e. The number of hydrogen-bond acceptors (Lipinski definition) is 6. The minimum absolute atomic E-state index is 0.157. The van der Waals surface area contributed by atoms with Crippen molar-refractivity contribution in [2.24, 2.45) is 0 Å². The molecule has 8 heteroatoms. The lowest BCUT2D eigenvalue weighted by Crippen LogP contribution is -2.29. The number of hydrogen-bond donors (Lipinski definition) is 1. The predicted octanol–water partition coefficient (Wildman–Crippen LogP) is 4.60. The van der Waals surface area contributed by atoms with Crippen LogP contribution in [0.5, 0.6) is 17.4 Å². The summed E-state index contributed by atoms with van der Waals surface area (Å²) in [5.41, 5.74) is 7.60. The monoisotopic (exact) mass is 401 g/mol. The van der Waals surface area contributed by atoms with Crippen molar-refractivity contribution in [2.75, 3.05) is 5.73 Å². The van der Waals surface area contributed by atoms with Crippen LogP contribution in [-0.4, -0.2) is 16.0 Å². The number of fused-ring (bicyclic) bond motifs is 1. The highest BCUT2D eigenvalue weighted by Crippen LogP contribution is 2.39. The second-order valence-electron chi connectivity index (χ2n) is 6.79.